The van der Waals surface area contributed by atoms with Crippen LogP contribution >= 0.6 is 0 Å². The maximum Gasteiger partial charge on any atom is 0.127 e. The van der Waals surface area contributed by atoms with Gasteiger partial charge in [-0.15, -0.1) is 0 Å². The molecule has 0 fully saturated rings. The van der Waals surface area contributed by atoms with E-state index in [4.69, 9.17) is 0 Å². The van der Waals surface area contributed by atoms with Gasteiger partial charge in [-0.1, -0.05) is 50.0 Å². The molecule has 1 nitrogen and oxygen atoms in total. The van der Waals surface area contributed by atoms with Crippen LogP contribution in [0.1, 0.15) is 97.1 Å². The first-order chi connectivity index (χ1) is 12.8. The molecule has 0 aromatic heterocycles. The third kappa shape index (κ3) is 7.52. The molecule has 1 rings (SSSR count). The highest BCUT2D eigenvalue weighted by molar-refractivity contribution is 5.67. The Kier molecular flexibility index (Phi) is 10.4. The van der Waals surface area contributed by atoms with Crippen LogP contribution < -0.4 is 0 Å². The van der Waals surface area contributed by atoms with Crippen LogP contribution in [0.5, 0.6) is 0 Å². The van der Waals surface area contributed by atoms with Gasteiger partial charge in [-0.3, -0.25) is 0 Å². The zero-order chi connectivity index (χ0) is 20.4. The number of nitrogens with zero attached hydrogens (tertiary/aromatic N) is 1. The Hall–Kier alpha value is -1.57. The molecule has 0 bridgehead atoms. The first kappa shape index (κ1) is 23.5. The number of hydrogen-bond acceptors (Lipinski definition) is 1. The van der Waals surface area contributed by atoms with E-state index in [2.05, 4.69) is 65.8 Å². The lowest BCUT2D eigenvalue weighted by Crippen LogP contribution is -2.10. The van der Waals surface area contributed by atoms with Crippen molar-refractivity contribution in [1.29, 1.82) is 0 Å². The topological polar surface area (TPSA) is 3.24 Å². The molecule has 0 spiro atoms. The lowest BCUT2D eigenvalue weighted by atomic mass is 9.88. The molecule has 0 saturated carbocycles. The van der Waals surface area contributed by atoms with E-state index in [1.807, 2.05) is 6.07 Å². The zero-order valence-corrected chi connectivity index (χ0v) is 18.7. The van der Waals surface area contributed by atoms with Crippen molar-refractivity contribution in [1.82, 2.24) is 4.90 Å². The third-order valence-electron chi connectivity index (χ3n) is 5.63. The highest BCUT2D eigenvalue weighted by Gasteiger charge is 2.16. The molecule has 1 aromatic rings. The first-order valence-electron chi connectivity index (χ1n) is 10.6. The van der Waals surface area contributed by atoms with Crippen molar-refractivity contribution in [2.75, 3.05) is 13.6 Å². The van der Waals surface area contributed by atoms with Gasteiger partial charge in [0.2, 0.25) is 0 Å². The Morgan fingerprint density at radius 2 is 1.81 bits per heavy atom. The van der Waals surface area contributed by atoms with E-state index in [0.717, 1.165) is 42.5 Å². The Balaban J connectivity index is 2.74. The maximum absolute atomic E-state index is 14.6. The molecule has 0 N–H and O–H groups in total. The minimum absolute atomic E-state index is 0.0651. The van der Waals surface area contributed by atoms with Crippen molar-refractivity contribution in [3.63, 3.8) is 0 Å². The van der Waals surface area contributed by atoms with Gasteiger partial charge in [0.05, 0.1) is 0 Å². The highest BCUT2D eigenvalue weighted by atomic mass is 19.1. The summed E-state index contributed by atoms with van der Waals surface area (Å²) in [5.74, 6) is 0.176. The van der Waals surface area contributed by atoms with E-state index in [9.17, 15) is 4.39 Å². The molecule has 1 aromatic carbocycles. The third-order valence-corrected chi connectivity index (χ3v) is 5.63. The second-order valence-corrected chi connectivity index (χ2v) is 8.04. The van der Waals surface area contributed by atoms with Crippen LogP contribution in [0, 0.1) is 5.82 Å². The largest absolute Gasteiger partial charge is 0.380 e. The van der Waals surface area contributed by atoms with E-state index in [1.165, 1.54) is 24.8 Å². The Morgan fingerprint density at radius 1 is 1.11 bits per heavy atom. The summed E-state index contributed by atoms with van der Waals surface area (Å²) in [6.07, 6.45) is 9.16. The summed E-state index contributed by atoms with van der Waals surface area (Å²) in [6.45, 7) is 14.0. The van der Waals surface area contributed by atoms with E-state index < -0.39 is 0 Å². The second kappa shape index (κ2) is 12.0. The van der Waals surface area contributed by atoms with Gasteiger partial charge >= 0.3 is 0 Å². The minimum Gasteiger partial charge on any atom is -0.380 e. The molecule has 2 heteroatoms. The van der Waals surface area contributed by atoms with Crippen molar-refractivity contribution < 1.29 is 4.39 Å². The van der Waals surface area contributed by atoms with Crippen LogP contribution in [0.25, 0.3) is 5.57 Å². The number of benzene rings is 1. The zero-order valence-electron chi connectivity index (χ0n) is 18.7. The standard InChI is InChI=1S/C25H40FN/c1-8-22(19(3)4)15-12-10-11-14-20(5)25-23(16-13-17-24(25)26)21(6)18-27(7)9-2/h13,16-18,20H,8-12,14-15H2,1-7H3/b21-18+. The second-order valence-electron chi connectivity index (χ2n) is 8.04. The normalized spacial score (nSPS) is 12.8. The Morgan fingerprint density at radius 3 is 2.41 bits per heavy atom. The molecule has 0 saturated heterocycles. The number of rotatable bonds is 11. The van der Waals surface area contributed by atoms with Crippen LogP contribution in [0.4, 0.5) is 4.39 Å². The molecule has 1 unspecified atom stereocenters. The quantitative estimate of drug-likeness (QED) is 0.281. The molecule has 0 heterocycles. The Bertz CT molecular complexity index is 638. The summed E-state index contributed by atoms with van der Waals surface area (Å²) in [4.78, 5) is 2.14. The van der Waals surface area contributed by atoms with E-state index in [1.54, 1.807) is 11.6 Å². The van der Waals surface area contributed by atoms with Gasteiger partial charge < -0.3 is 4.90 Å². The molecule has 1 atom stereocenters. The summed E-state index contributed by atoms with van der Waals surface area (Å²) >= 11 is 0. The molecule has 0 radical (unpaired) electrons. The summed E-state index contributed by atoms with van der Waals surface area (Å²) in [5.41, 5.74) is 6.15. The highest BCUT2D eigenvalue weighted by Crippen LogP contribution is 2.32. The first-order valence-corrected chi connectivity index (χ1v) is 10.6. The van der Waals surface area contributed by atoms with Gasteiger partial charge in [0.15, 0.2) is 0 Å². The average molecular weight is 374 g/mol. The van der Waals surface area contributed by atoms with E-state index in [-0.39, 0.29) is 11.7 Å². The van der Waals surface area contributed by atoms with Gasteiger partial charge in [0.1, 0.15) is 5.82 Å². The van der Waals surface area contributed by atoms with Crippen molar-refractivity contribution in [2.45, 2.75) is 86.0 Å². The van der Waals surface area contributed by atoms with Gasteiger partial charge in [-0.25, -0.2) is 4.39 Å². The fourth-order valence-corrected chi connectivity index (χ4v) is 3.76. The molecule has 27 heavy (non-hydrogen) atoms. The summed E-state index contributed by atoms with van der Waals surface area (Å²) in [7, 11) is 2.06. The van der Waals surface area contributed by atoms with E-state index in [0.29, 0.717) is 0 Å². The van der Waals surface area contributed by atoms with Crippen molar-refractivity contribution >= 4 is 5.57 Å². The molecule has 0 aliphatic rings. The van der Waals surface area contributed by atoms with Crippen molar-refractivity contribution in [3.05, 3.63) is 52.5 Å². The lowest BCUT2D eigenvalue weighted by Gasteiger charge is -2.20. The molecular weight excluding hydrogens is 333 g/mol. The maximum atomic E-state index is 14.6. The van der Waals surface area contributed by atoms with Crippen LogP contribution in [-0.2, 0) is 0 Å². The van der Waals surface area contributed by atoms with Gasteiger partial charge in [-0.2, -0.15) is 0 Å². The summed E-state index contributed by atoms with van der Waals surface area (Å²) in [5, 5.41) is 0. The fourth-order valence-electron chi connectivity index (χ4n) is 3.76. The molecule has 152 valence electrons. The predicted octanol–water partition coefficient (Wildman–Crippen LogP) is 7.94. The molecule has 0 aliphatic carbocycles. The van der Waals surface area contributed by atoms with Crippen molar-refractivity contribution in [3.8, 4) is 0 Å². The smallest absolute Gasteiger partial charge is 0.127 e. The Labute approximate surface area is 167 Å². The molecule has 0 amide bonds. The average Bonchev–Trinajstić information content (AvgIpc) is 2.63. The predicted molar refractivity (Wildman–Crippen MR) is 119 cm³/mol. The number of allylic oxidation sites excluding steroid dienone is 3. The SMILES string of the molecule is CCC(CCCCCC(C)c1c(F)cccc1/C(C)=C/N(C)CC)=C(C)C. The number of halogens is 1. The minimum atomic E-state index is -0.0651. The van der Waals surface area contributed by atoms with Gasteiger partial charge in [0.25, 0.3) is 0 Å². The van der Waals surface area contributed by atoms with Crippen molar-refractivity contribution in [2.24, 2.45) is 0 Å². The summed E-state index contributed by atoms with van der Waals surface area (Å²) < 4.78 is 14.6. The van der Waals surface area contributed by atoms with Crippen LogP contribution in [0.3, 0.4) is 0 Å². The van der Waals surface area contributed by atoms with Crippen LogP contribution in [0.15, 0.2) is 35.5 Å². The van der Waals surface area contributed by atoms with Gasteiger partial charge in [-0.05, 0) is 82.1 Å². The van der Waals surface area contributed by atoms with Crippen LogP contribution in [0.2, 0.25) is 0 Å². The number of hydrogen-bond donors (Lipinski definition) is 0. The summed E-state index contributed by atoms with van der Waals surface area (Å²) in [6, 6.07) is 5.50. The monoisotopic (exact) mass is 373 g/mol. The van der Waals surface area contributed by atoms with Crippen LogP contribution in [-0.4, -0.2) is 18.5 Å². The number of unbranched alkanes of at least 4 members (excludes halogenated alkanes) is 2. The molecular formula is C25H40FN. The fraction of sp³-hybridized carbons (Fsp3) is 0.600. The molecule has 0 aliphatic heterocycles. The lowest BCUT2D eigenvalue weighted by molar-refractivity contribution is 0.485. The van der Waals surface area contributed by atoms with Gasteiger partial charge in [0, 0.05) is 19.8 Å². The van der Waals surface area contributed by atoms with E-state index >= 15 is 0 Å².